The molecule has 0 aromatic carbocycles. The van der Waals surface area contributed by atoms with E-state index < -0.39 is 0 Å². The van der Waals surface area contributed by atoms with E-state index in [4.69, 9.17) is 9.31 Å². The largest absolute Gasteiger partial charge is 0.516 e. The molecule has 5 heteroatoms. The molecule has 1 N–H and O–H groups in total. The molecule has 1 aliphatic heterocycles. The summed E-state index contributed by atoms with van der Waals surface area (Å²) >= 11 is 0. The van der Waals surface area contributed by atoms with Crippen LogP contribution < -0.4 is 5.59 Å². The Labute approximate surface area is 71.4 Å². The van der Waals surface area contributed by atoms with Crippen LogP contribution >= 0.6 is 0 Å². The van der Waals surface area contributed by atoms with Gasteiger partial charge in [0.2, 0.25) is 0 Å². The van der Waals surface area contributed by atoms with Crippen molar-refractivity contribution in [2.45, 2.75) is 19.4 Å². The third-order valence-electron chi connectivity index (χ3n) is 1.77. The summed E-state index contributed by atoms with van der Waals surface area (Å²) in [4.78, 5) is 0. The summed E-state index contributed by atoms with van der Waals surface area (Å²) in [5.74, 6) is 0. The Balaban J connectivity index is 2.10. The lowest BCUT2D eigenvalue weighted by atomic mass is 9.85. The topological polar surface area (TPSA) is 47.1 Å². The van der Waals surface area contributed by atoms with Gasteiger partial charge in [-0.3, -0.25) is 5.10 Å². The smallest absolute Gasteiger partial charge is 0.403 e. The first kappa shape index (κ1) is 7.82. The van der Waals surface area contributed by atoms with E-state index in [1.807, 2.05) is 19.9 Å². The second-order valence-corrected chi connectivity index (χ2v) is 3.52. The van der Waals surface area contributed by atoms with Gasteiger partial charge in [-0.15, -0.1) is 0 Å². The van der Waals surface area contributed by atoms with E-state index in [9.17, 15) is 0 Å². The van der Waals surface area contributed by atoms with Gasteiger partial charge >= 0.3 is 7.12 Å². The number of hydrogen-bond acceptors (Lipinski definition) is 3. The highest BCUT2D eigenvalue weighted by molar-refractivity contribution is 6.60. The first-order valence-electron chi connectivity index (χ1n) is 3.96. The molecule has 1 fully saturated rings. The van der Waals surface area contributed by atoms with Gasteiger partial charge < -0.3 is 9.31 Å². The van der Waals surface area contributed by atoms with E-state index >= 15 is 0 Å². The molecule has 1 aliphatic rings. The Kier molecular flexibility index (Phi) is 1.70. The van der Waals surface area contributed by atoms with E-state index in [1.54, 1.807) is 6.20 Å². The summed E-state index contributed by atoms with van der Waals surface area (Å²) in [5, 5.41) is 6.71. The van der Waals surface area contributed by atoms with Gasteiger partial charge in [0.25, 0.3) is 0 Å². The van der Waals surface area contributed by atoms with Crippen molar-refractivity contribution in [2.24, 2.45) is 0 Å². The second kappa shape index (κ2) is 2.60. The number of aromatic nitrogens is 2. The van der Waals surface area contributed by atoms with Gasteiger partial charge in [0.15, 0.2) is 0 Å². The predicted molar refractivity (Wildman–Crippen MR) is 45.1 cm³/mol. The van der Waals surface area contributed by atoms with Gasteiger partial charge in [0.05, 0.1) is 17.8 Å². The number of hydrogen-bond donors (Lipinski definition) is 1. The van der Waals surface area contributed by atoms with Crippen molar-refractivity contribution in [3.05, 3.63) is 12.3 Å². The van der Waals surface area contributed by atoms with Gasteiger partial charge in [0, 0.05) is 6.20 Å². The van der Waals surface area contributed by atoms with Crippen molar-refractivity contribution in [1.29, 1.82) is 0 Å². The van der Waals surface area contributed by atoms with Crippen molar-refractivity contribution in [1.82, 2.24) is 10.2 Å². The number of nitrogens with one attached hydrogen (secondary N) is 1. The van der Waals surface area contributed by atoms with Crippen molar-refractivity contribution in [3.63, 3.8) is 0 Å². The zero-order chi connectivity index (χ0) is 8.60. The first-order valence-corrected chi connectivity index (χ1v) is 3.96. The fourth-order valence-corrected chi connectivity index (χ4v) is 1.18. The van der Waals surface area contributed by atoms with E-state index in [1.165, 1.54) is 0 Å². The summed E-state index contributed by atoms with van der Waals surface area (Å²) < 4.78 is 11.0. The molecule has 64 valence electrons. The Bertz CT molecular complexity index is 260. The third kappa shape index (κ3) is 1.37. The van der Waals surface area contributed by atoms with Gasteiger partial charge in [-0.2, -0.15) is 5.10 Å². The molecule has 1 aromatic rings. The van der Waals surface area contributed by atoms with Crippen molar-refractivity contribution >= 4 is 12.7 Å². The molecule has 0 spiro atoms. The zero-order valence-corrected chi connectivity index (χ0v) is 7.20. The maximum atomic E-state index is 5.59. The first-order chi connectivity index (χ1) is 5.67. The lowest BCUT2D eigenvalue weighted by Crippen LogP contribution is -2.35. The van der Waals surface area contributed by atoms with Gasteiger partial charge in [-0.05, 0) is 19.9 Å². The highest BCUT2D eigenvalue weighted by Crippen LogP contribution is 2.18. The molecular formula is C7H11BN2O2. The van der Waals surface area contributed by atoms with Crippen LogP contribution in [-0.2, 0) is 9.31 Å². The number of nitrogens with zero attached hydrogens (tertiary/aromatic N) is 1. The third-order valence-corrected chi connectivity index (χ3v) is 1.77. The van der Waals surface area contributed by atoms with Crippen molar-refractivity contribution in [2.75, 3.05) is 6.61 Å². The summed E-state index contributed by atoms with van der Waals surface area (Å²) in [6.07, 6.45) is 1.76. The highest BCUT2D eigenvalue weighted by Gasteiger charge is 2.39. The molecule has 0 radical (unpaired) electrons. The van der Waals surface area contributed by atoms with E-state index in [0.29, 0.717) is 6.61 Å². The van der Waals surface area contributed by atoms with Gasteiger partial charge in [-0.1, -0.05) is 0 Å². The minimum atomic E-state index is -0.300. The molecule has 1 saturated heterocycles. The minimum Gasteiger partial charge on any atom is -0.403 e. The van der Waals surface area contributed by atoms with Crippen LogP contribution in [0.3, 0.4) is 0 Å². The fourth-order valence-electron chi connectivity index (χ4n) is 1.18. The van der Waals surface area contributed by atoms with Gasteiger partial charge in [0.1, 0.15) is 0 Å². The SMILES string of the molecule is CC1(C)COB(c2cc[nH]n2)O1. The Hall–Kier alpha value is -0.805. The van der Waals surface area contributed by atoms with E-state index in [-0.39, 0.29) is 12.7 Å². The van der Waals surface area contributed by atoms with Crippen LogP contribution in [0.5, 0.6) is 0 Å². The monoisotopic (exact) mass is 166 g/mol. The van der Waals surface area contributed by atoms with Crippen LogP contribution in [0.15, 0.2) is 12.3 Å². The zero-order valence-electron chi connectivity index (χ0n) is 7.20. The van der Waals surface area contributed by atoms with Crippen LogP contribution in [0, 0.1) is 0 Å². The van der Waals surface area contributed by atoms with E-state index in [2.05, 4.69) is 10.2 Å². The van der Waals surface area contributed by atoms with Gasteiger partial charge in [-0.25, -0.2) is 0 Å². The molecule has 12 heavy (non-hydrogen) atoms. The number of H-pyrrole nitrogens is 1. The number of aromatic amines is 1. The van der Waals surface area contributed by atoms with Crippen LogP contribution in [0.2, 0.25) is 0 Å². The summed E-state index contributed by atoms with van der Waals surface area (Å²) in [6, 6.07) is 1.85. The molecule has 1 aromatic heterocycles. The molecular weight excluding hydrogens is 155 g/mol. The summed E-state index contributed by atoms with van der Waals surface area (Å²) in [6.45, 7) is 4.61. The minimum absolute atomic E-state index is 0.191. The summed E-state index contributed by atoms with van der Waals surface area (Å²) in [7, 11) is -0.300. The standard InChI is InChI=1S/C7H11BN2O2/c1-7(2)5-11-8(12-7)6-3-4-9-10-6/h3-4H,5H2,1-2H3,(H,9,10). The molecule has 2 rings (SSSR count). The molecule has 0 amide bonds. The highest BCUT2D eigenvalue weighted by atomic mass is 16.7. The van der Waals surface area contributed by atoms with Crippen LogP contribution in [-0.4, -0.2) is 29.5 Å². The van der Waals surface area contributed by atoms with Crippen LogP contribution in [0.1, 0.15) is 13.8 Å². The second-order valence-electron chi connectivity index (χ2n) is 3.52. The van der Waals surface area contributed by atoms with Crippen LogP contribution in [0.4, 0.5) is 0 Å². The fraction of sp³-hybridized carbons (Fsp3) is 0.571. The molecule has 0 aliphatic carbocycles. The Morgan fingerprint density at radius 2 is 2.50 bits per heavy atom. The molecule has 0 atom stereocenters. The lowest BCUT2D eigenvalue weighted by Gasteiger charge is -2.14. The van der Waals surface area contributed by atoms with Crippen LogP contribution in [0.25, 0.3) is 0 Å². The lowest BCUT2D eigenvalue weighted by molar-refractivity contribution is 0.137. The van der Waals surface area contributed by atoms with Crippen molar-refractivity contribution in [3.8, 4) is 0 Å². The Morgan fingerprint density at radius 3 is 3.00 bits per heavy atom. The molecule has 4 nitrogen and oxygen atoms in total. The maximum absolute atomic E-state index is 5.59. The molecule has 0 bridgehead atoms. The van der Waals surface area contributed by atoms with Crippen molar-refractivity contribution < 1.29 is 9.31 Å². The quantitative estimate of drug-likeness (QED) is 0.594. The van der Waals surface area contributed by atoms with E-state index in [0.717, 1.165) is 5.59 Å². The Morgan fingerprint density at radius 1 is 1.67 bits per heavy atom. The summed E-state index contributed by atoms with van der Waals surface area (Å²) in [5.41, 5.74) is 0.615. The predicted octanol–water partition coefficient (Wildman–Crippen LogP) is -0.0697. The maximum Gasteiger partial charge on any atom is 0.516 e. The normalized spacial score (nSPS) is 21.7. The molecule has 2 heterocycles. The average Bonchev–Trinajstić information content (AvgIpc) is 2.55. The number of rotatable bonds is 1. The molecule has 0 saturated carbocycles. The average molecular weight is 166 g/mol. The molecule has 0 unspecified atom stereocenters.